The van der Waals surface area contributed by atoms with Crippen LogP contribution in [-0.2, 0) is 9.17 Å². The van der Waals surface area contributed by atoms with Crippen LogP contribution in [-0.4, -0.2) is 36.7 Å². The summed E-state index contributed by atoms with van der Waals surface area (Å²) in [5, 5.41) is 2.31. The molecule has 6 aromatic rings. The molecule has 0 saturated heterocycles. The number of thioether (sulfide) groups is 1. The van der Waals surface area contributed by atoms with Gasteiger partial charge in [0.15, 0.2) is 0 Å². The van der Waals surface area contributed by atoms with E-state index < -0.39 is 13.1 Å². The molecule has 242 valence electrons. The first-order valence-electron chi connectivity index (χ1n) is 16.4. The first-order chi connectivity index (χ1) is 23.4. The van der Waals surface area contributed by atoms with E-state index in [1.165, 1.54) is 27.1 Å². The third kappa shape index (κ3) is 7.02. The summed E-state index contributed by atoms with van der Waals surface area (Å²) in [6.07, 6.45) is 4.69. The molecule has 48 heavy (non-hydrogen) atoms. The van der Waals surface area contributed by atoms with Crippen LogP contribution in [0.1, 0.15) is 37.5 Å². The Morgan fingerprint density at radius 1 is 0.604 bits per heavy atom. The van der Waals surface area contributed by atoms with Gasteiger partial charge in [-0.1, -0.05) is 172 Å². The van der Waals surface area contributed by atoms with Gasteiger partial charge in [-0.05, 0) is 32.1 Å². The van der Waals surface area contributed by atoms with Gasteiger partial charge in [-0.2, -0.15) is 0 Å². The van der Waals surface area contributed by atoms with E-state index in [0.717, 1.165) is 0 Å². The van der Waals surface area contributed by atoms with Crippen LogP contribution < -0.4 is 15.1 Å². The lowest BCUT2D eigenvalue weighted by Crippen LogP contribution is -2.67. The third-order valence-electron chi connectivity index (χ3n) is 8.76. The number of hydrogen-bond donors (Lipinski definition) is 0. The number of benzene rings is 5. The number of aromatic nitrogens is 2. The third-order valence-corrected chi connectivity index (χ3v) is 15.4. The molecule has 1 aromatic heterocycles. The van der Waals surface area contributed by atoms with Gasteiger partial charge < -0.3 is 9.16 Å². The Labute approximate surface area is 290 Å². The van der Waals surface area contributed by atoms with Gasteiger partial charge in [-0.3, -0.25) is 4.98 Å². The highest BCUT2D eigenvalue weighted by Crippen LogP contribution is 2.49. The normalized spacial score (nSPS) is 12.7. The SMILES string of the molecule is CC(C)(C)[Si](OC[C@@H](CSC(c1ccccc1)(c1ccccc1)c1ccccc1)Oc1cnccn1)(c1ccccc1)c1ccccc1. The molecule has 0 aliphatic heterocycles. The summed E-state index contributed by atoms with van der Waals surface area (Å²) in [7, 11) is -2.82. The molecule has 1 atom stereocenters. The average molecular weight is 667 g/mol. The Kier molecular flexibility index (Phi) is 10.6. The fourth-order valence-corrected chi connectivity index (χ4v) is 12.7. The Bertz CT molecular complexity index is 1690. The maximum absolute atomic E-state index is 7.44. The molecule has 0 saturated carbocycles. The number of rotatable bonds is 13. The maximum atomic E-state index is 7.44. The van der Waals surface area contributed by atoms with E-state index >= 15 is 0 Å². The van der Waals surface area contributed by atoms with Crippen molar-refractivity contribution in [2.45, 2.75) is 36.7 Å². The van der Waals surface area contributed by atoms with Gasteiger partial charge in [0, 0.05) is 18.1 Å². The van der Waals surface area contributed by atoms with Gasteiger partial charge in [0.25, 0.3) is 8.32 Å². The molecule has 5 aromatic carbocycles. The van der Waals surface area contributed by atoms with Crippen LogP contribution >= 0.6 is 11.8 Å². The zero-order chi connectivity index (χ0) is 33.3. The molecule has 0 fully saturated rings. The van der Waals surface area contributed by atoms with Crippen LogP contribution in [0.25, 0.3) is 0 Å². The van der Waals surface area contributed by atoms with Crippen LogP contribution in [0.4, 0.5) is 0 Å². The van der Waals surface area contributed by atoms with Crippen molar-refractivity contribution in [3.63, 3.8) is 0 Å². The van der Waals surface area contributed by atoms with Gasteiger partial charge in [0.1, 0.15) is 6.10 Å². The number of nitrogens with zero attached hydrogens (tertiary/aromatic N) is 2. The van der Waals surface area contributed by atoms with Gasteiger partial charge in [-0.25, -0.2) is 4.98 Å². The lowest BCUT2D eigenvalue weighted by molar-refractivity contribution is 0.135. The zero-order valence-corrected chi connectivity index (χ0v) is 29.6. The Balaban J connectivity index is 1.43. The predicted molar refractivity (Wildman–Crippen MR) is 202 cm³/mol. The highest BCUT2D eigenvalue weighted by atomic mass is 32.2. The molecule has 0 N–H and O–H groups in total. The fraction of sp³-hybridized carbons (Fsp3) is 0.190. The van der Waals surface area contributed by atoms with Crippen molar-refractivity contribution >= 4 is 30.5 Å². The number of hydrogen-bond acceptors (Lipinski definition) is 5. The topological polar surface area (TPSA) is 44.2 Å². The maximum Gasteiger partial charge on any atom is 0.261 e. The molecule has 0 aliphatic carbocycles. The van der Waals surface area contributed by atoms with Crippen LogP contribution in [0.5, 0.6) is 5.88 Å². The van der Waals surface area contributed by atoms with Crippen molar-refractivity contribution in [2.24, 2.45) is 0 Å². The molecule has 0 amide bonds. The zero-order valence-electron chi connectivity index (χ0n) is 27.8. The second-order valence-corrected chi connectivity index (χ2v) is 18.4. The van der Waals surface area contributed by atoms with Gasteiger partial charge in [-0.15, -0.1) is 11.8 Å². The summed E-state index contributed by atoms with van der Waals surface area (Å²) in [6.45, 7) is 7.29. The first kappa shape index (κ1) is 33.4. The van der Waals surface area contributed by atoms with E-state index in [4.69, 9.17) is 9.16 Å². The second-order valence-electron chi connectivity index (χ2n) is 12.8. The van der Waals surface area contributed by atoms with E-state index in [-0.39, 0.29) is 11.1 Å². The summed E-state index contributed by atoms with van der Waals surface area (Å²) in [5.74, 6) is 1.12. The van der Waals surface area contributed by atoms with Crippen molar-refractivity contribution in [1.29, 1.82) is 0 Å². The summed E-state index contributed by atoms with van der Waals surface area (Å²) in [4.78, 5) is 8.82. The molecule has 6 rings (SSSR count). The van der Waals surface area contributed by atoms with E-state index in [2.05, 4.69) is 182 Å². The molecule has 1 heterocycles. The Morgan fingerprint density at radius 3 is 1.44 bits per heavy atom. The minimum atomic E-state index is -2.82. The van der Waals surface area contributed by atoms with E-state index in [9.17, 15) is 0 Å². The molecule has 0 aliphatic rings. The van der Waals surface area contributed by atoms with E-state index in [1.807, 2.05) is 11.8 Å². The summed E-state index contributed by atoms with van der Waals surface area (Å²) in [5.41, 5.74) is 3.62. The van der Waals surface area contributed by atoms with Gasteiger partial charge in [0.05, 0.1) is 17.6 Å². The minimum Gasteiger partial charge on any atom is -0.470 e. The lowest BCUT2D eigenvalue weighted by Gasteiger charge is -2.44. The summed E-state index contributed by atoms with van der Waals surface area (Å²) in [6, 6.07) is 53.8. The highest BCUT2D eigenvalue weighted by molar-refractivity contribution is 8.00. The van der Waals surface area contributed by atoms with E-state index in [1.54, 1.807) is 18.6 Å². The number of ether oxygens (including phenoxy) is 1. The van der Waals surface area contributed by atoms with Crippen molar-refractivity contribution < 1.29 is 9.16 Å². The molecule has 0 spiro atoms. The molecule has 0 radical (unpaired) electrons. The van der Waals surface area contributed by atoms with E-state index in [0.29, 0.717) is 18.2 Å². The van der Waals surface area contributed by atoms with Gasteiger partial charge >= 0.3 is 0 Å². The molecular weight excluding hydrogens is 625 g/mol. The van der Waals surface area contributed by atoms with Crippen LogP contribution in [0.15, 0.2) is 170 Å². The predicted octanol–water partition coefficient (Wildman–Crippen LogP) is 8.53. The largest absolute Gasteiger partial charge is 0.470 e. The van der Waals surface area contributed by atoms with Crippen molar-refractivity contribution in [2.75, 3.05) is 12.4 Å². The minimum absolute atomic E-state index is 0.165. The smallest absolute Gasteiger partial charge is 0.261 e. The van der Waals surface area contributed by atoms with Crippen molar-refractivity contribution in [3.8, 4) is 5.88 Å². The standard InChI is InChI=1S/C42H42N2O2SSi/c1-41(2,3)48(38-25-15-7-16-26-38,39-27-17-8-18-28-39)45-32-37(46-40-31-43-29-30-44-40)33-47-42(34-19-9-4-10-20-34,35-21-11-5-12-22-35)36-23-13-6-14-24-36/h4-31,37H,32-33H2,1-3H3/t37-/m0/s1. The average Bonchev–Trinajstić information content (AvgIpc) is 3.14. The molecule has 0 bridgehead atoms. The Morgan fingerprint density at radius 2 is 1.04 bits per heavy atom. The van der Waals surface area contributed by atoms with Crippen LogP contribution in [0, 0.1) is 0 Å². The second kappa shape index (κ2) is 15.2. The van der Waals surface area contributed by atoms with Gasteiger partial charge in [0.2, 0.25) is 5.88 Å². The molecule has 0 unspecified atom stereocenters. The lowest BCUT2D eigenvalue weighted by atomic mass is 9.84. The quantitative estimate of drug-likeness (QED) is 0.0914. The van der Waals surface area contributed by atoms with Crippen molar-refractivity contribution in [3.05, 3.63) is 187 Å². The molecular formula is C42H42N2O2SSi. The fourth-order valence-electron chi connectivity index (χ4n) is 6.60. The van der Waals surface area contributed by atoms with Crippen LogP contribution in [0.3, 0.4) is 0 Å². The summed E-state index contributed by atoms with van der Waals surface area (Å²) < 4.78 is 13.6. The first-order valence-corrected chi connectivity index (χ1v) is 19.3. The molecule has 4 nitrogen and oxygen atoms in total. The highest BCUT2D eigenvalue weighted by Gasteiger charge is 2.50. The monoisotopic (exact) mass is 666 g/mol. The Hall–Kier alpha value is -4.49. The van der Waals surface area contributed by atoms with Crippen LogP contribution in [0.2, 0.25) is 5.04 Å². The van der Waals surface area contributed by atoms with Crippen molar-refractivity contribution in [1.82, 2.24) is 9.97 Å². The molecule has 6 heteroatoms. The summed E-state index contributed by atoms with van der Waals surface area (Å²) >= 11 is 1.87.